The summed E-state index contributed by atoms with van der Waals surface area (Å²) in [4.78, 5) is 27.5. The van der Waals surface area contributed by atoms with Crippen LogP contribution in [0.2, 0.25) is 0 Å². The van der Waals surface area contributed by atoms with E-state index >= 15 is 0 Å². The Morgan fingerprint density at radius 1 is 1.20 bits per heavy atom. The van der Waals surface area contributed by atoms with Gasteiger partial charge in [0.15, 0.2) is 10.9 Å². The molecule has 128 valence electrons. The van der Waals surface area contributed by atoms with Crippen LogP contribution in [0, 0.1) is 0 Å². The lowest BCUT2D eigenvalue weighted by Crippen LogP contribution is -2.23. The van der Waals surface area contributed by atoms with Crippen molar-refractivity contribution in [3.63, 3.8) is 0 Å². The Morgan fingerprint density at radius 2 is 1.96 bits per heavy atom. The van der Waals surface area contributed by atoms with Gasteiger partial charge in [0.2, 0.25) is 5.91 Å². The SMILES string of the molecule is CC(=O)N[C@@H](C)c1ccc(-c2csc(NC(=O)c3ccco3)n2)cc1. The summed E-state index contributed by atoms with van der Waals surface area (Å²) < 4.78 is 5.06. The number of rotatable bonds is 5. The highest BCUT2D eigenvalue weighted by Crippen LogP contribution is 2.26. The molecule has 2 heterocycles. The predicted octanol–water partition coefficient (Wildman–Crippen LogP) is 3.85. The minimum absolute atomic E-state index is 0.0508. The standard InChI is InChI=1S/C18H17N3O3S/c1-11(19-12(2)22)13-5-7-14(8-6-13)15-10-25-18(20-15)21-17(23)16-4-3-9-24-16/h3-11H,1-2H3,(H,19,22)(H,20,21,23)/t11-/m0/s1. The second kappa shape index (κ2) is 7.31. The molecule has 0 aliphatic carbocycles. The number of anilines is 1. The largest absolute Gasteiger partial charge is 0.459 e. The topological polar surface area (TPSA) is 84.2 Å². The average molecular weight is 355 g/mol. The number of carbonyl (C=O) groups excluding carboxylic acids is 2. The van der Waals surface area contributed by atoms with Crippen LogP contribution >= 0.6 is 11.3 Å². The van der Waals surface area contributed by atoms with Gasteiger partial charge in [0.05, 0.1) is 18.0 Å². The van der Waals surface area contributed by atoms with E-state index in [1.165, 1.54) is 24.5 Å². The number of amides is 2. The summed E-state index contributed by atoms with van der Waals surface area (Å²) in [6.07, 6.45) is 1.45. The van der Waals surface area contributed by atoms with Crippen LogP contribution in [0.15, 0.2) is 52.5 Å². The van der Waals surface area contributed by atoms with Crippen LogP contribution in [0.25, 0.3) is 11.3 Å². The fourth-order valence-electron chi connectivity index (χ4n) is 2.36. The summed E-state index contributed by atoms with van der Waals surface area (Å²) >= 11 is 1.35. The molecule has 0 aliphatic heterocycles. The van der Waals surface area contributed by atoms with Crippen molar-refractivity contribution >= 4 is 28.3 Å². The lowest BCUT2D eigenvalue weighted by Gasteiger charge is -2.12. The number of hydrogen-bond acceptors (Lipinski definition) is 5. The summed E-state index contributed by atoms with van der Waals surface area (Å²) in [6.45, 7) is 3.43. The fraction of sp³-hybridized carbons (Fsp3) is 0.167. The van der Waals surface area contributed by atoms with E-state index in [1.807, 2.05) is 36.6 Å². The Labute approximate surface area is 148 Å². The van der Waals surface area contributed by atoms with Crippen molar-refractivity contribution in [2.45, 2.75) is 19.9 Å². The molecular weight excluding hydrogens is 338 g/mol. The molecule has 1 aromatic carbocycles. The van der Waals surface area contributed by atoms with Gasteiger partial charge in [-0.05, 0) is 24.6 Å². The maximum atomic E-state index is 12.0. The van der Waals surface area contributed by atoms with E-state index in [-0.39, 0.29) is 23.6 Å². The van der Waals surface area contributed by atoms with Gasteiger partial charge >= 0.3 is 0 Å². The highest BCUT2D eigenvalue weighted by molar-refractivity contribution is 7.14. The lowest BCUT2D eigenvalue weighted by molar-refractivity contribution is -0.119. The van der Waals surface area contributed by atoms with Crippen molar-refractivity contribution in [3.05, 3.63) is 59.4 Å². The summed E-state index contributed by atoms with van der Waals surface area (Å²) in [5, 5.41) is 7.95. The molecule has 2 aromatic heterocycles. The number of carbonyl (C=O) groups is 2. The maximum Gasteiger partial charge on any atom is 0.293 e. The Hall–Kier alpha value is -2.93. The van der Waals surface area contributed by atoms with Crippen molar-refractivity contribution in [2.24, 2.45) is 0 Å². The monoisotopic (exact) mass is 355 g/mol. The molecule has 0 saturated carbocycles. The number of furan rings is 1. The fourth-order valence-corrected chi connectivity index (χ4v) is 3.08. The second-order valence-electron chi connectivity index (χ2n) is 5.51. The number of nitrogens with one attached hydrogen (secondary N) is 2. The molecule has 3 rings (SSSR count). The zero-order valence-electron chi connectivity index (χ0n) is 13.8. The molecule has 2 amide bonds. The van der Waals surface area contributed by atoms with E-state index in [1.54, 1.807) is 12.1 Å². The number of nitrogens with zero attached hydrogens (tertiary/aromatic N) is 1. The zero-order valence-corrected chi connectivity index (χ0v) is 14.6. The third-order valence-corrected chi connectivity index (χ3v) is 4.35. The van der Waals surface area contributed by atoms with E-state index in [2.05, 4.69) is 15.6 Å². The molecule has 0 aliphatic rings. The van der Waals surface area contributed by atoms with Crippen LogP contribution in [0.1, 0.15) is 36.0 Å². The van der Waals surface area contributed by atoms with Gasteiger partial charge < -0.3 is 9.73 Å². The summed E-state index contributed by atoms with van der Waals surface area (Å²) in [7, 11) is 0. The molecule has 0 saturated heterocycles. The van der Waals surface area contributed by atoms with Gasteiger partial charge in [-0.15, -0.1) is 11.3 Å². The number of aromatic nitrogens is 1. The first-order valence-electron chi connectivity index (χ1n) is 7.71. The van der Waals surface area contributed by atoms with Crippen LogP contribution in [-0.2, 0) is 4.79 Å². The van der Waals surface area contributed by atoms with Crippen molar-refractivity contribution in [2.75, 3.05) is 5.32 Å². The van der Waals surface area contributed by atoms with Crippen molar-refractivity contribution < 1.29 is 14.0 Å². The molecule has 2 N–H and O–H groups in total. The normalized spacial score (nSPS) is 11.8. The Morgan fingerprint density at radius 3 is 2.60 bits per heavy atom. The molecule has 1 atom stereocenters. The zero-order chi connectivity index (χ0) is 17.8. The Balaban J connectivity index is 1.69. The van der Waals surface area contributed by atoms with Gasteiger partial charge in [-0.25, -0.2) is 4.98 Å². The molecule has 0 radical (unpaired) electrons. The van der Waals surface area contributed by atoms with E-state index in [9.17, 15) is 9.59 Å². The number of benzene rings is 1. The third-order valence-electron chi connectivity index (χ3n) is 3.60. The van der Waals surface area contributed by atoms with Crippen LogP contribution in [0.3, 0.4) is 0 Å². The van der Waals surface area contributed by atoms with Gasteiger partial charge in [-0.2, -0.15) is 0 Å². The minimum Gasteiger partial charge on any atom is -0.459 e. The minimum atomic E-state index is -0.328. The molecule has 3 aromatic rings. The highest BCUT2D eigenvalue weighted by Gasteiger charge is 2.12. The number of thiazole rings is 1. The summed E-state index contributed by atoms with van der Waals surface area (Å²) in [5.41, 5.74) is 2.73. The Kier molecular flexibility index (Phi) is 4.95. The van der Waals surface area contributed by atoms with Crippen molar-refractivity contribution in [3.8, 4) is 11.3 Å². The summed E-state index contributed by atoms with van der Waals surface area (Å²) in [6, 6.07) is 11.0. The van der Waals surface area contributed by atoms with Crippen LogP contribution in [0.4, 0.5) is 5.13 Å². The van der Waals surface area contributed by atoms with E-state index in [0.717, 1.165) is 16.8 Å². The molecule has 7 heteroatoms. The molecular formula is C18H17N3O3S. The van der Waals surface area contributed by atoms with Gasteiger partial charge in [0.1, 0.15) is 0 Å². The maximum absolute atomic E-state index is 12.0. The summed E-state index contributed by atoms with van der Waals surface area (Å²) in [5.74, 6) is -0.147. The molecule has 0 unspecified atom stereocenters. The van der Waals surface area contributed by atoms with Crippen molar-refractivity contribution in [1.82, 2.24) is 10.3 Å². The average Bonchev–Trinajstić information content (AvgIpc) is 3.26. The molecule has 25 heavy (non-hydrogen) atoms. The van der Waals surface area contributed by atoms with Gasteiger partial charge in [0, 0.05) is 17.9 Å². The highest BCUT2D eigenvalue weighted by atomic mass is 32.1. The van der Waals surface area contributed by atoms with E-state index in [4.69, 9.17) is 4.42 Å². The van der Waals surface area contributed by atoms with Crippen LogP contribution in [0.5, 0.6) is 0 Å². The first kappa shape index (κ1) is 16.9. The molecule has 6 nitrogen and oxygen atoms in total. The second-order valence-corrected chi connectivity index (χ2v) is 6.37. The van der Waals surface area contributed by atoms with Gasteiger partial charge in [-0.1, -0.05) is 24.3 Å². The molecule has 0 fully saturated rings. The Bertz CT molecular complexity index is 869. The van der Waals surface area contributed by atoms with Gasteiger partial charge in [-0.3, -0.25) is 14.9 Å². The number of hydrogen-bond donors (Lipinski definition) is 2. The first-order chi connectivity index (χ1) is 12.0. The first-order valence-corrected chi connectivity index (χ1v) is 8.58. The van der Waals surface area contributed by atoms with Crippen LogP contribution in [-0.4, -0.2) is 16.8 Å². The molecule has 0 bridgehead atoms. The van der Waals surface area contributed by atoms with Crippen LogP contribution < -0.4 is 10.6 Å². The van der Waals surface area contributed by atoms with Gasteiger partial charge in [0.25, 0.3) is 5.91 Å². The van der Waals surface area contributed by atoms with E-state index in [0.29, 0.717) is 5.13 Å². The quantitative estimate of drug-likeness (QED) is 0.728. The third kappa shape index (κ3) is 4.13. The predicted molar refractivity (Wildman–Crippen MR) is 96.4 cm³/mol. The smallest absolute Gasteiger partial charge is 0.293 e. The molecule has 0 spiro atoms. The van der Waals surface area contributed by atoms with E-state index < -0.39 is 0 Å². The lowest BCUT2D eigenvalue weighted by atomic mass is 10.1. The van der Waals surface area contributed by atoms with Crippen molar-refractivity contribution in [1.29, 1.82) is 0 Å².